The second kappa shape index (κ2) is 8.15. The quantitative estimate of drug-likeness (QED) is 0.882. The summed E-state index contributed by atoms with van der Waals surface area (Å²) in [5, 5.41) is 2.67. The summed E-state index contributed by atoms with van der Waals surface area (Å²) in [4.78, 5) is 25.8. The topological polar surface area (TPSA) is 75.4 Å². The van der Waals surface area contributed by atoms with E-state index < -0.39 is 6.04 Å². The van der Waals surface area contributed by atoms with E-state index >= 15 is 0 Å². The molecular formula is C16H24ClN3O2. The van der Waals surface area contributed by atoms with Crippen molar-refractivity contribution in [2.75, 3.05) is 20.1 Å². The highest BCUT2D eigenvalue weighted by atomic mass is 35.5. The van der Waals surface area contributed by atoms with Gasteiger partial charge < -0.3 is 16.0 Å². The van der Waals surface area contributed by atoms with Crippen molar-refractivity contribution in [2.45, 2.75) is 25.8 Å². The van der Waals surface area contributed by atoms with Gasteiger partial charge in [-0.3, -0.25) is 9.59 Å². The van der Waals surface area contributed by atoms with E-state index in [0.29, 0.717) is 25.9 Å². The summed E-state index contributed by atoms with van der Waals surface area (Å²) in [7, 11) is 1.65. The number of piperidine rings is 1. The number of likely N-dealkylation sites (tertiary alicyclic amines) is 1. The van der Waals surface area contributed by atoms with E-state index in [4.69, 9.17) is 5.73 Å². The first-order chi connectivity index (χ1) is 10.0. The summed E-state index contributed by atoms with van der Waals surface area (Å²) in [5.74, 6) is 0.00814. The lowest BCUT2D eigenvalue weighted by atomic mass is 9.95. The van der Waals surface area contributed by atoms with Crippen LogP contribution in [0.1, 0.15) is 30.0 Å². The number of rotatable bonds is 3. The third-order valence-corrected chi connectivity index (χ3v) is 4.13. The minimum atomic E-state index is -0.623. The van der Waals surface area contributed by atoms with Crippen LogP contribution in [-0.4, -0.2) is 36.9 Å². The van der Waals surface area contributed by atoms with Crippen molar-refractivity contribution in [1.82, 2.24) is 10.2 Å². The van der Waals surface area contributed by atoms with Gasteiger partial charge in [0.2, 0.25) is 11.8 Å². The zero-order valence-corrected chi connectivity index (χ0v) is 13.9. The molecule has 1 aromatic rings. The Hall–Kier alpha value is -1.59. The van der Waals surface area contributed by atoms with Crippen LogP contribution in [0.25, 0.3) is 0 Å². The molecule has 1 aromatic carbocycles. The average molecular weight is 326 g/mol. The van der Waals surface area contributed by atoms with Crippen LogP contribution in [0.4, 0.5) is 0 Å². The Labute approximate surface area is 137 Å². The number of aryl methyl sites for hydroxylation is 1. The zero-order valence-electron chi connectivity index (χ0n) is 13.0. The molecule has 1 atom stereocenters. The number of nitrogens with one attached hydrogen (secondary N) is 1. The Bertz CT molecular complexity index is 511. The van der Waals surface area contributed by atoms with Crippen molar-refractivity contribution >= 4 is 24.2 Å². The fraction of sp³-hybridized carbons (Fsp3) is 0.500. The summed E-state index contributed by atoms with van der Waals surface area (Å²) >= 11 is 0. The van der Waals surface area contributed by atoms with Crippen LogP contribution in [0.2, 0.25) is 0 Å². The van der Waals surface area contributed by atoms with Crippen LogP contribution in [-0.2, 0) is 9.59 Å². The highest BCUT2D eigenvalue weighted by Gasteiger charge is 2.29. The van der Waals surface area contributed by atoms with E-state index in [-0.39, 0.29) is 30.1 Å². The van der Waals surface area contributed by atoms with Gasteiger partial charge >= 0.3 is 0 Å². The van der Waals surface area contributed by atoms with Gasteiger partial charge in [-0.2, -0.15) is 0 Å². The van der Waals surface area contributed by atoms with Gasteiger partial charge in [0.25, 0.3) is 0 Å². The van der Waals surface area contributed by atoms with Gasteiger partial charge in [0, 0.05) is 26.1 Å². The van der Waals surface area contributed by atoms with Crippen LogP contribution >= 0.6 is 12.4 Å². The maximum atomic E-state index is 12.4. The Morgan fingerprint density at radius 1 is 1.23 bits per heavy atom. The molecule has 5 nitrogen and oxygen atoms in total. The van der Waals surface area contributed by atoms with Gasteiger partial charge in [-0.05, 0) is 25.3 Å². The van der Waals surface area contributed by atoms with Gasteiger partial charge in [0.1, 0.15) is 6.04 Å². The number of amides is 2. The number of hydrogen-bond donors (Lipinski definition) is 2. The van der Waals surface area contributed by atoms with Gasteiger partial charge in [-0.15, -0.1) is 12.4 Å². The van der Waals surface area contributed by atoms with Crippen molar-refractivity contribution in [3.8, 4) is 0 Å². The molecule has 1 heterocycles. The second-order valence-electron chi connectivity index (χ2n) is 5.60. The molecule has 0 bridgehead atoms. The third-order valence-electron chi connectivity index (χ3n) is 4.13. The Balaban J connectivity index is 0.00000242. The number of halogens is 1. The van der Waals surface area contributed by atoms with E-state index in [1.54, 1.807) is 11.9 Å². The van der Waals surface area contributed by atoms with Crippen molar-refractivity contribution < 1.29 is 9.59 Å². The Morgan fingerprint density at radius 2 is 1.77 bits per heavy atom. The fourth-order valence-corrected chi connectivity index (χ4v) is 2.68. The molecule has 0 saturated carbocycles. The van der Waals surface area contributed by atoms with Gasteiger partial charge in [0.15, 0.2) is 0 Å². The van der Waals surface area contributed by atoms with Crippen LogP contribution in [0.3, 0.4) is 0 Å². The number of carbonyl (C=O) groups is 2. The number of benzene rings is 1. The van der Waals surface area contributed by atoms with Crippen molar-refractivity contribution in [3.63, 3.8) is 0 Å². The summed E-state index contributed by atoms with van der Waals surface area (Å²) < 4.78 is 0. The molecule has 0 spiro atoms. The maximum Gasteiger partial charge on any atom is 0.244 e. The van der Waals surface area contributed by atoms with Crippen molar-refractivity contribution in [2.24, 2.45) is 11.7 Å². The first kappa shape index (κ1) is 18.5. The van der Waals surface area contributed by atoms with E-state index in [1.165, 1.54) is 0 Å². The lowest BCUT2D eigenvalue weighted by Crippen LogP contribution is -2.45. The predicted molar refractivity (Wildman–Crippen MR) is 88.7 cm³/mol. The molecule has 6 heteroatoms. The molecule has 0 aliphatic carbocycles. The smallest absolute Gasteiger partial charge is 0.244 e. The monoisotopic (exact) mass is 325 g/mol. The second-order valence-corrected chi connectivity index (χ2v) is 5.60. The standard InChI is InChI=1S/C16H23N3O2.ClH/c1-11-3-5-12(6-4-11)14(17)16(21)19-9-7-13(8-10-19)15(20)18-2;/h3-6,13-14H,7-10,17H2,1-2H3,(H,18,20);1H. The van der Waals surface area contributed by atoms with Gasteiger partial charge in [-0.25, -0.2) is 0 Å². The highest BCUT2D eigenvalue weighted by molar-refractivity contribution is 5.85. The largest absolute Gasteiger partial charge is 0.359 e. The van der Waals surface area contributed by atoms with Crippen LogP contribution in [0.15, 0.2) is 24.3 Å². The third kappa shape index (κ3) is 4.21. The lowest BCUT2D eigenvalue weighted by molar-refractivity contribution is -0.136. The number of hydrogen-bond acceptors (Lipinski definition) is 3. The molecule has 1 aliphatic rings. The highest BCUT2D eigenvalue weighted by Crippen LogP contribution is 2.21. The summed E-state index contributed by atoms with van der Waals surface area (Å²) in [6.45, 7) is 3.19. The number of nitrogens with zero attached hydrogens (tertiary/aromatic N) is 1. The molecule has 1 saturated heterocycles. The van der Waals surface area contributed by atoms with E-state index in [1.807, 2.05) is 31.2 Å². The molecule has 3 N–H and O–H groups in total. The van der Waals surface area contributed by atoms with Gasteiger partial charge in [-0.1, -0.05) is 29.8 Å². The summed E-state index contributed by atoms with van der Waals surface area (Å²) in [6.07, 6.45) is 1.40. The summed E-state index contributed by atoms with van der Waals surface area (Å²) in [6, 6.07) is 7.09. The molecule has 122 valence electrons. The predicted octanol–water partition coefficient (Wildman–Crippen LogP) is 1.40. The minimum Gasteiger partial charge on any atom is -0.359 e. The van der Waals surface area contributed by atoms with Crippen molar-refractivity contribution in [1.29, 1.82) is 0 Å². The zero-order chi connectivity index (χ0) is 15.4. The normalized spacial score (nSPS) is 16.6. The molecule has 2 amide bonds. The van der Waals surface area contributed by atoms with E-state index in [2.05, 4.69) is 5.32 Å². The first-order valence-corrected chi connectivity index (χ1v) is 7.35. The van der Waals surface area contributed by atoms with Crippen LogP contribution < -0.4 is 11.1 Å². The molecule has 22 heavy (non-hydrogen) atoms. The van der Waals surface area contributed by atoms with Crippen LogP contribution in [0.5, 0.6) is 0 Å². The molecule has 1 unspecified atom stereocenters. The Kier molecular flexibility index (Phi) is 6.84. The maximum absolute atomic E-state index is 12.4. The molecule has 1 aliphatic heterocycles. The molecule has 2 rings (SSSR count). The lowest BCUT2D eigenvalue weighted by Gasteiger charge is -2.32. The molecule has 0 aromatic heterocycles. The van der Waals surface area contributed by atoms with Crippen molar-refractivity contribution in [3.05, 3.63) is 35.4 Å². The summed E-state index contributed by atoms with van der Waals surface area (Å²) in [5.41, 5.74) is 8.05. The first-order valence-electron chi connectivity index (χ1n) is 7.35. The fourth-order valence-electron chi connectivity index (χ4n) is 2.68. The molecule has 1 fully saturated rings. The average Bonchev–Trinajstić information content (AvgIpc) is 2.53. The van der Waals surface area contributed by atoms with E-state index in [9.17, 15) is 9.59 Å². The Morgan fingerprint density at radius 3 is 2.27 bits per heavy atom. The molecule has 0 radical (unpaired) electrons. The SMILES string of the molecule is CNC(=O)C1CCN(C(=O)C(N)c2ccc(C)cc2)CC1.Cl. The van der Waals surface area contributed by atoms with E-state index in [0.717, 1.165) is 11.1 Å². The van der Waals surface area contributed by atoms with Crippen LogP contribution in [0, 0.1) is 12.8 Å². The number of carbonyl (C=O) groups excluding carboxylic acids is 2. The van der Waals surface area contributed by atoms with Gasteiger partial charge in [0.05, 0.1) is 0 Å². The minimum absolute atomic E-state index is 0. The molecular weight excluding hydrogens is 302 g/mol. The number of nitrogens with two attached hydrogens (primary N) is 1.